The summed E-state index contributed by atoms with van der Waals surface area (Å²) in [5, 5.41) is 0. The number of rotatable bonds is 5. The molecule has 0 atom stereocenters. The second kappa shape index (κ2) is 37.5. The summed E-state index contributed by atoms with van der Waals surface area (Å²) in [6.45, 7) is 46.5. The van der Waals surface area contributed by atoms with Crippen LogP contribution in [0.4, 0.5) is 0 Å². The summed E-state index contributed by atoms with van der Waals surface area (Å²) >= 11 is 0. The van der Waals surface area contributed by atoms with Crippen molar-refractivity contribution in [3.63, 3.8) is 0 Å². The Labute approximate surface area is 299 Å². The minimum absolute atomic E-state index is 0.0480. The third-order valence-electron chi connectivity index (χ3n) is 3.92. The van der Waals surface area contributed by atoms with Gasteiger partial charge in [-0.3, -0.25) is 0 Å². The Morgan fingerprint density at radius 3 is 1.35 bits per heavy atom. The topological polar surface area (TPSA) is 0 Å². The molecule has 0 rings (SSSR count). The molecule has 0 spiro atoms. The molecule has 0 aromatic rings. The van der Waals surface area contributed by atoms with Gasteiger partial charge in [0.05, 0.1) is 0 Å². The van der Waals surface area contributed by atoms with Gasteiger partial charge in [-0.1, -0.05) is 105 Å². The van der Waals surface area contributed by atoms with Crippen LogP contribution in [-0.2, 0) is 0 Å². The highest BCUT2D eigenvalue weighted by atomic mass is 14.1. The van der Waals surface area contributed by atoms with Crippen LogP contribution in [0.3, 0.4) is 0 Å². The van der Waals surface area contributed by atoms with Gasteiger partial charge < -0.3 is 0 Å². The van der Waals surface area contributed by atoms with E-state index in [1.807, 2.05) is 88.3 Å². The minimum atomic E-state index is -0.116. The molecule has 0 heteroatoms. The standard InChI is InChI=1S/6C8H10/c1-7(2)5-6-8(3)4;1-5-8(4)6-7(2)3;1-5-6-7-8(2,3)4;1-5-7-8(3,4)6-2;1-4-5-6-7-8(2)3;1-4-7-8(5-2)6-3/h1,3H2,2,4H3;1,6H,2H2,3-4H3;1H,2-4H3;1-2H,7H2,3-4H3;4H,1-2,5H2,3H3;4-6H,2-3H2,1H3/b;8-6+;;;;. The largest absolute Gasteiger partial charge is 0.120 e. The molecule has 0 unspecified atom stereocenters. The smallest absolute Gasteiger partial charge is 0.0364 e. The lowest BCUT2D eigenvalue weighted by molar-refractivity contribution is 0.522. The molecule has 0 aliphatic carbocycles. The van der Waals surface area contributed by atoms with Crippen LogP contribution < -0.4 is 0 Å². The molecule has 0 amide bonds. The average Bonchev–Trinajstić information content (AvgIpc) is 2.98. The van der Waals surface area contributed by atoms with Crippen LogP contribution in [-0.4, -0.2) is 0 Å². The fraction of sp³-hybridized carbons (Fsp3) is 0.312. The molecule has 48 heavy (non-hydrogen) atoms. The molecule has 0 aromatic heterocycles. The predicted octanol–water partition coefficient (Wildman–Crippen LogP) is 12.2. The first kappa shape index (κ1) is 54.8. The van der Waals surface area contributed by atoms with Crippen molar-refractivity contribution in [3.05, 3.63) is 116 Å². The van der Waals surface area contributed by atoms with E-state index in [0.717, 1.165) is 39.9 Å². The van der Waals surface area contributed by atoms with Crippen molar-refractivity contribution >= 4 is 0 Å². The average molecular weight is 637 g/mol. The second-order valence-electron chi connectivity index (χ2n) is 11.6. The lowest BCUT2D eigenvalue weighted by Crippen LogP contribution is -2.04. The fourth-order valence-electron chi connectivity index (χ4n) is 1.80. The molecule has 0 aromatic carbocycles. The van der Waals surface area contributed by atoms with E-state index in [-0.39, 0.29) is 10.8 Å². The van der Waals surface area contributed by atoms with E-state index >= 15 is 0 Å². The number of hydrogen-bond acceptors (Lipinski definition) is 0. The van der Waals surface area contributed by atoms with Crippen molar-refractivity contribution in [2.45, 2.75) is 89.0 Å². The molecule has 0 N–H and O–H groups in total. The Morgan fingerprint density at radius 1 is 0.729 bits per heavy atom. The molecule has 0 radical (unpaired) electrons. The summed E-state index contributed by atoms with van der Waals surface area (Å²) < 4.78 is 0. The maximum absolute atomic E-state index is 5.15. The molecule has 0 saturated carbocycles. The second-order valence-corrected chi connectivity index (χ2v) is 11.6. The minimum Gasteiger partial charge on any atom is -0.120 e. The third kappa shape index (κ3) is 72.5. The maximum Gasteiger partial charge on any atom is 0.0364 e. The highest BCUT2D eigenvalue weighted by Crippen LogP contribution is 2.16. The van der Waals surface area contributed by atoms with E-state index in [1.54, 1.807) is 18.2 Å². The van der Waals surface area contributed by atoms with E-state index < -0.39 is 0 Å². The molecule has 0 nitrogen and oxygen atoms in total. The Kier molecular flexibility index (Phi) is 42.9. The zero-order valence-corrected chi connectivity index (χ0v) is 32.1. The first-order valence-corrected chi connectivity index (χ1v) is 15.0. The Bertz CT molecular complexity index is 1480. The normalized spacial score (nSPS) is 8.10. The zero-order valence-electron chi connectivity index (χ0n) is 32.1. The Hall–Kier alpha value is -5.64. The molecule has 0 aliphatic rings. The van der Waals surface area contributed by atoms with Crippen LogP contribution in [0.2, 0.25) is 0 Å². The molecular formula is C48H60. The summed E-state index contributed by atoms with van der Waals surface area (Å²) in [4.78, 5) is 0. The van der Waals surface area contributed by atoms with E-state index in [1.165, 1.54) is 0 Å². The number of allylic oxidation sites excluding steroid dienone is 10. The highest BCUT2D eigenvalue weighted by molar-refractivity contribution is 5.33. The van der Waals surface area contributed by atoms with E-state index in [9.17, 15) is 0 Å². The van der Waals surface area contributed by atoms with Crippen LogP contribution >= 0.6 is 0 Å². The van der Waals surface area contributed by atoms with Gasteiger partial charge in [0.2, 0.25) is 0 Å². The fourth-order valence-corrected chi connectivity index (χ4v) is 1.80. The van der Waals surface area contributed by atoms with Crippen molar-refractivity contribution in [3.8, 4) is 84.9 Å². The van der Waals surface area contributed by atoms with Crippen molar-refractivity contribution in [2.24, 2.45) is 10.8 Å². The summed E-state index contributed by atoms with van der Waals surface area (Å²) in [6, 6.07) is 0. The highest BCUT2D eigenvalue weighted by Gasteiger charge is 2.10. The first-order chi connectivity index (χ1) is 22.1. The van der Waals surface area contributed by atoms with Crippen molar-refractivity contribution in [1.29, 1.82) is 0 Å². The third-order valence-corrected chi connectivity index (χ3v) is 3.92. The lowest BCUT2D eigenvalue weighted by Gasteiger charge is -2.11. The van der Waals surface area contributed by atoms with Gasteiger partial charge >= 0.3 is 0 Å². The summed E-state index contributed by atoms with van der Waals surface area (Å²) in [5.41, 5.74) is 8.41. The molecular weight excluding hydrogens is 577 g/mol. The van der Waals surface area contributed by atoms with Gasteiger partial charge in [0.1, 0.15) is 0 Å². The van der Waals surface area contributed by atoms with Gasteiger partial charge in [-0.05, 0) is 122 Å². The predicted molar refractivity (Wildman–Crippen MR) is 222 cm³/mol. The van der Waals surface area contributed by atoms with Gasteiger partial charge in [-0.25, -0.2) is 0 Å². The lowest BCUT2D eigenvalue weighted by atomic mass is 9.91. The van der Waals surface area contributed by atoms with E-state index in [0.29, 0.717) is 6.42 Å². The van der Waals surface area contributed by atoms with Crippen molar-refractivity contribution < 1.29 is 0 Å². The van der Waals surface area contributed by atoms with Crippen LogP contribution in [0.5, 0.6) is 0 Å². The maximum atomic E-state index is 5.15. The molecule has 0 heterocycles. The molecule has 252 valence electrons. The van der Waals surface area contributed by atoms with E-state index in [4.69, 9.17) is 25.7 Å². The van der Waals surface area contributed by atoms with Gasteiger partial charge in [0.15, 0.2) is 0 Å². The molecule has 0 saturated heterocycles. The van der Waals surface area contributed by atoms with Crippen molar-refractivity contribution in [2.75, 3.05) is 0 Å². The molecule has 0 aliphatic heterocycles. The van der Waals surface area contributed by atoms with Gasteiger partial charge in [-0.15, -0.1) is 43.9 Å². The Balaban J connectivity index is -0.000000110. The molecule has 0 bridgehead atoms. The SMILES string of the molecule is C#C/C(C)=C/C(=C)C.C#CC#CC(C)(C)C.C#CCC(C)(C)C#C.C=C(C)C#CC(=C)C.C=CC(=C=CC)C=C.C=CCC#CC(=C)C. The summed E-state index contributed by atoms with van der Waals surface area (Å²) in [7, 11) is 0. The van der Waals surface area contributed by atoms with Gasteiger partial charge in [-0.2, -0.15) is 0 Å². The Morgan fingerprint density at radius 2 is 1.19 bits per heavy atom. The van der Waals surface area contributed by atoms with Crippen molar-refractivity contribution in [1.82, 2.24) is 0 Å². The van der Waals surface area contributed by atoms with E-state index in [2.05, 4.69) is 111 Å². The number of hydrogen-bond donors (Lipinski definition) is 0. The first-order valence-electron chi connectivity index (χ1n) is 15.0. The zero-order chi connectivity index (χ0) is 39.2. The van der Waals surface area contributed by atoms with Gasteiger partial charge in [0.25, 0.3) is 0 Å². The van der Waals surface area contributed by atoms with Crippen LogP contribution in [0.15, 0.2) is 116 Å². The summed E-state index contributed by atoms with van der Waals surface area (Å²) in [5.74, 6) is 26.6. The quantitative estimate of drug-likeness (QED) is 0.122. The van der Waals surface area contributed by atoms with Crippen LogP contribution in [0.1, 0.15) is 89.0 Å². The number of terminal acetylenes is 4. The van der Waals surface area contributed by atoms with Gasteiger partial charge in [0, 0.05) is 29.2 Å². The monoisotopic (exact) mass is 636 g/mol. The molecule has 0 fully saturated rings. The van der Waals surface area contributed by atoms with Crippen LogP contribution in [0, 0.1) is 95.7 Å². The van der Waals surface area contributed by atoms with Crippen LogP contribution in [0.25, 0.3) is 0 Å². The summed E-state index contributed by atoms with van der Waals surface area (Å²) in [6.07, 6.45) is 30.5.